The fourth-order valence-corrected chi connectivity index (χ4v) is 7.14. The van der Waals surface area contributed by atoms with Crippen LogP contribution < -0.4 is 0 Å². The first kappa shape index (κ1) is 19.1. The third-order valence-electron chi connectivity index (χ3n) is 5.14. The van der Waals surface area contributed by atoms with Crippen molar-refractivity contribution in [1.29, 1.82) is 0 Å². The first-order valence-electron chi connectivity index (χ1n) is 8.35. The second kappa shape index (κ2) is 6.51. The molecule has 0 radical (unpaired) electrons. The van der Waals surface area contributed by atoms with Crippen molar-refractivity contribution in [2.45, 2.75) is 43.6 Å². The molecule has 1 fully saturated rings. The highest BCUT2D eigenvalue weighted by Gasteiger charge is 2.44. The molecule has 0 bridgehead atoms. The Hall–Kier alpha value is -1.64. The third-order valence-corrected chi connectivity index (χ3v) is 9.25. The van der Waals surface area contributed by atoms with Gasteiger partial charge < -0.3 is 4.42 Å². The lowest BCUT2D eigenvalue weighted by Gasteiger charge is -2.38. The second-order valence-corrected chi connectivity index (χ2v) is 11.1. The van der Waals surface area contributed by atoms with Gasteiger partial charge in [-0.1, -0.05) is 6.07 Å². The summed E-state index contributed by atoms with van der Waals surface area (Å²) >= 11 is 0. The summed E-state index contributed by atoms with van der Waals surface area (Å²) in [7, 11) is -7.18. The van der Waals surface area contributed by atoms with Crippen molar-refractivity contribution >= 4 is 19.9 Å². The van der Waals surface area contributed by atoms with Gasteiger partial charge >= 0.3 is 0 Å². The van der Waals surface area contributed by atoms with E-state index in [4.69, 9.17) is 4.42 Å². The third kappa shape index (κ3) is 3.21. The van der Waals surface area contributed by atoms with Crippen LogP contribution in [0, 0.1) is 27.7 Å². The molecule has 1 aromatic carbocycles. The maximum Gasteiger partial charge on any atom is 0.243 e. The van der Waals surface area contributed by atoms with Crippen LogP contribution in [0.3, 0.4) is 0 Å². The van der Waals surface area contributed by atoms with Crippen molar-refractivity contribution in [3.8, 4) is 0 Å². The molecule has 0 atom stereocenters. The molecule has 6 nitrogen and oxygen atoms in total. The molecular formula is C18H23NO5S2. The Morgan fingerprint density at radius 3 is 2.12 bits per heavy atom. The van der Waals surface area contributed by atoms with Crippen LogP contribution in [0.5, 0.6) is 0 Å². The van der Waals surface area contributed by atoms with Crippen molar-refractivity contribution in [3.63, 3.8) is 0 Å². The van der Waals surface area contributed by atoms with Crippen LogP contribution in [0.15, 0.2) is 33.8 Å². The molecule has 3 rings (SSSR count). The smallest absolute Gasteiger partial charge is 0.243 e. The highest BCUT2D eigenvalue weighted by atomic mass is 32.2. The fraction of sp³-hybridized carbons (Fsp3) is 0.444. The summed E-state index contributed by atoms with van der Waals surface area (Å²) in [6.07, 6.45) is 1.42. The molecule has 8 heteroatoms. The van der Waals surface area contributed by atoms with Gasteiger partial charge in [0.15, 0.2) is 9.84 Å². The second-order valence-electron chi connectivity index (χ2n) is 6.92. The molecule has 1 saturated heterocycles. The summed E-state index contributed by atoms with van der Waals surface area (Å²) in [5, 5.41) is -0.700. The zero-order valence-corrected chi connectivity index (χ0v) is 16.9. The number of sulfonamides is 1. The Kier molecular flexibility index (Phi) is 4.79. The Morgan fingerprint density at radius 2 is 1.62 bits per heavy atom. The number of nitrogens with zero attached hydrogens (tertiary/aromatic N) is 1. The maximum atomic E-state index is 13.1. The molecule has 2 aromatic rings. The molecule has 1 aliphatic heterocycles. The van der Waals surface area contributed by atoms with Gasteiger partial charge in [0, 0.05) is 13.1 Å². The van der Waals surface area contributed by atoms with E-state index >= 15 is 0 Å². The van der Waals surface area contributed by atoms with E-state index in [0.717, 1.165) is 22.3 Å². The number of hydrogen-bond donors (Lipinski definition) is 0. The Balaban J connectivity index is 1.83. The minimum Gasteiger partial charge on any atom is -0.468 e. The van der Waals surface area contributed by atoms with E-state index in [1.165, 1.54) is 10.6 Å². The zero-order valence-electron chi connectivity index (χ0n) is 15.3. The van der Waals surface area contributed by atoms with Crippen LogP contribution in [0.1, 0.15) is 28.0 Å². The summed E-state index contributed by atoms with van der Waals surface area (Å²) in [5.41, 5.74) is 3.26. The van der Waals surface area contributed by atoms with E-state index in [0.29, 0.717) is 10.7 Å². The predicted molar refractivity (Wildman–Crippen MR) is 99.3 cm³/mol. The molecule has 0 spiro atoms. The summed E-state index contributed by atoms with van der Waals surface area (Å²) in [6, 6.07) is 5.21. The molecule has 0 amide bonds. The summed E-state index contributed by atoms with van der Waals surface area (Å²) in [6.45, 7) is 7.31. The topological polar surface area (TPSA) is 84.7 Å². The highest BCUT2D eigenvalue weighted by Crippen LogP contribution is 2.32. The lowest BCUT2D eigenvalue weighted by atomic mass is 10.0. The first-order valence-corrected chi connectivity index (χ1v) is 11.5. The molecule has 2 heterocycles. The zero-order chi connectivity index (χ0) is 19.3. The van der Waals surface area contributed by atoms with Gasteiger partial charge in [-0.3, -0.25) is 0 Å². The van der Waals surface area contributed by atoms with E-state index < -0.39 is 25.1 Å². The van der Waals surface area contributed by atoms with Crippen molar-refractivity contribution in [1.82, 2.24) is 4.31 Å². The number of hydrogen-bond acceptors (Lipinski definition) is 5. The van der Waals surface area contributed by atoms with Gasteiger partial charge in [-0.2, -0.15) is 4.31 Å². The number of furan rings is 1. The number of sulfone groups is 1. The first-order chi connectivity index (χ1) is 12.0. The van der Waals surface area contributed by atoms with E-state index in [1.807, 2.05) is 19.9 Å². The number of benzene rings is 1. The lowest BCUT2D eigenvalue weighted by molar-refractivity contribution is 0.309. The standard InChI is InChI=1S/C18H23NO5S2/c1-12-8-13(2)15(4)18(14(12)3)26(22,23)19-9-17(10-19)25(20,21)11-16-6-5-7-24-16/h5-8,17H,9-11H2,1-4H3. The Morgan fingerprint density at radius 1 is 1.04 bits per heavy atom. The van der Waals surface area contributed by atoms with Crippen molar-refractivity contribution in [2.75, 3.05) is 13.1 Å². The molecule has 0 N–H and O–H groups in total. The van der Waals surface area contributed by atoms with Crippen molar-refractivity contribution in [3.05, 3.63) is 52.5 Å². The number of aryl methyl sites for hydroxylation is 2. The molecular weight excluding hydrogens is 374 g/mol. The lowest BCUT2D eigenvalue weighted by Crippen LogP contribution is -2.57. The Labute approximate surface area is 154 Å². The van der Waals surface area contributed by atoms with E-state index in [-0.39, 0.29) is 18.8 Å². The van der Waals surface area contributed by atoms with Gasteiger partial charge in [0.25, 0.3) is 0 Å². The number of rotatable bonds is 5. The maximum absolute atomic E-state index is 13.1. The molecule has 0 saturated carbocycles. The minimum absolute atomic E-state index is 0.0166. The van der Waals surface area contributed by atoms with E-state index in [9.17, 15) is 16.8 Å². The van der Waals surface area contributed by atoms with Gasteiger partial charge in [0.1, 0.15) is 11.5 Å². The molecule has 0 unspecified atom stereocenters. The van der Waals surface area contributed by atoms with Gasteiger partial charge in [0.05, 0.1) is 16.4 Å². The molecule has 26 heavy (non-hydrogen) atoms. The Bertz CT molecular complexity index is 1010. The minimum atomic E-state index is -3.72. The molecule has 0 aliphatic carbocycles. The van der Waals surface area contributed by atoms with Gasteiger partial charge in [-0.25, -0.2) is 16.8 Å². The average Bonchev–Trinajstić information content (AvgIpc) is 2.94. The monoisotopic (exact) mass is 397 g/mol. The average molecular weight is 398 g/mol. The normalized spacial score (nSPS) is 16.6. The molecule has 142 valence electrons. The van der Waals surface area contributed by atoms with E-state index in [2.05, 4.69) is 0 Å². The summed E-state index contributed by atoms with van der Waals surface area (Å²) < 4.78 is 57.4. The predicted octanol–water partition coefficient (Wildman–Crippen LogP) is 2.50. The summed E-state index contributed by atoms with van der Waals surface area (Å²) in [5.74, 6) is 0.160. The van der Waals surface area contributed by atoms with Crippen LogP contribution in [-0.2, 0) is 25.6 Å². The van der Waals surface area contributed by atoms with Crippen LogP contribution >= 0.6 is 0 Å². The molecule has 1 aromatic heterocycles. The summed E-state index contributed by atoms with van der Waals surface area (Å²) in [4.78, 5) is 0.303. The van der Waals surface area contributed by atoms with Gasteiger partial charge in [-0.15, -0.1) is 0 Å². The van der Waals surface area contributed by atoms with Crippen LogP contribution in [-0.4, -0.2) is 39.5 Å². The fourth-order valence-electron chi connectivity index (χ4n) is 3.23. The van der Waals surface area contributed by atoms with Crippen molar-refractivity contribution in [2.24, 2.45) is 0 Å². The van der Waals surface area contributed by atoms with Crippen molar-refractivity contribution < 1.29 is 21.3 Å². The van der Waals surface area contributed by atoms with Crippen LogP contribution in [0.2, 0.25) is 0 Å². The highest BCUT2D eigenvalue weighted by molar-refractivity contribution is 7.92. The largest absolute Gasteiger partial charge is 0.468 e. The van der Waals surface area contributed by atoms with Gasteiger partial charge in [0.2, 0.25) is 10.0 Å². The molecule has 1 aliphatic rings. The van der Waals surface area contributed by atoms with E-state index in [1.54, 1.807) is 26.0 Å². The van der Waals surface area contributed by atoms with Gasteiger partial charge in [-0.05, 0) is 62.1 Å². The van der Waals surface area contributed by atoms with Crippen LogP contribution in [0.4, 0.5) is 0 Å². The SMILES string of the molecule is Cc1cc(C)c(C)c(S(=O)(=O)N2CC(S(=O)(=O)Cc3ccco3)C2)c1C. The quantitative estimate of drug-likeness (QED) is 0.774. The van der Waals surface area contributed by atoms with Crippen LogP contribution in [0.25, 0.3) is 0 Å².